The third-order valence-corrected chi connectivity index (χ3v) is 2.32. The molecular formula is C12H17FN4O2. The topological polar surface area (TPSA) is 67.7 Å². The summed E-state index contributed by atoms with van der Waals surface area (Å²) in [4.78, 5) is 24.4. The highest BCUT2D eigenvalue weighted by atomic mass is 19.1. The lowest BCUT2D eigenvalue weighted by atomic mass is 10.1. The van der Waals surface area contributed by atoms with E-state index in [0.717, 1.165) is 6.20 Å². The number of aromatic nitrogens is 2. The van der Waals surface area contributed by atoms with E-state index in [1.54, 1.807) is 25.9 Å². The molecule has 0 saturated carbocycles. The number of esters is 1. The molecule has 0 radical (unpaired) electrons. The quantitative estimate of drug-likeness (QED) is 0.462. The van der Waals surface area contributed by atoms with Crippen LogP contribution in [0.5, 0.6) is 6.01 Å². The Kier molecular flexibility index (Phi) is 5.35. The van der Waals surface area contributed by atoms with Crippen molar-refractivity contribution in [1.82, 2.24) is 14.9 Å². The van der Waals surface area contributed by atoms with Gasteiger partial charge in [-0.1, -0.05) is 13.8 Å². The minimum absolute atomic E-state index is 0.171. The maximum atomic E-state index is 13.4. The first-order valence-corrected chi connectivity index (χ1v) is 5.88. The zero-order valence-electron chi connectivity index (χ0n) is 11.4. The van der Waals surface area contributed by atoms with E-state index >= 15 is 0 Å². The Balaban J connectivity index is 2.87. The Morgan fingerprint density at radius 2 is 2.32 bits per heavy atom. The van der Waals surface area contributed by atoms with Crippen LogP contribution in [0.25, 0.3) is 0 Å². The first-order chi connectivity index (χ1) is 8.93. The largest absolute Gasteiger partial charge is 0.391 e. The second-order valence-corrected chi connectivity index (χ2v) is 4.26. The molecule has 1 unspecified atom stereocenters. The summed E-state index contributed by atoms with van der Waals surface area (Å²) in [7, 11) is 3.49. The maximum absolute atomic E-state index is 13.4. The number of hydrogen-bond acceptors (Lipinski definition) is 5. The van der Waals surface area contributed by atoms with Gasteiger partial charge in [-0.25, -0.2) is 14.4 Å². The molecule has 1 rings (SSSR count). The fourth-order valence-electron chi connectivity index (χ4n) is 1.01. The summed E-state index contributed by atoms with van der Waals surface area (Å²) >= 11 is 0. The Hall–Kier alpha value is -2.05. The summed E-state index contributed by atoms with van der Waals surface area (Å²) in [5, 5.41) is 0. The number of rotatable bonds is 5. The Morgan fingerprint density at radius 1 is 1.63 bits per heavy atom. The van der Waals surface area contributed by atoms with Crippen LogP contribution in [0.1, 0.15) is 20.3 Å². The van der Waals surface area contributed by atoms with E-state index < -0.39 is 11.8 Å². The molecule has 0 aliphatic carbocycles. The molecule has 0 amide bonds. The zero-order valence-corrected chi connectivity index (χ0v) is 11.4. The summed E-state index contributed by atoms with van der Waals surface area (Å²) in [5.74, 6) is -1.56. The van der Waals surface area contributed by atoms with E-state index in [4.69, 9.17) is 4.74 Å². The van der Waals surface area contributed by atoms with Crippen LogP contribution >= 0.6 is 0 Å². The molecular weight excluding hydrogens is 251 g/mol. The van der Waals surface area contributed by atoms with Crippen LogP contribution in [0.2, 0.25) is 0 Å². The molecule has 1 aromatic rings. The predicted octanol–water partition coefficient (Wildman–Crippen LogP) is 1.79. The highest BCUT2D eigenvalue weighted by molar-refractivity contribution is 5.74. The van der Waals surface area contributed by atoms with Gasteiger partial charge in [-0.05, 0) is 6.42 Å². The summed E-state index contributed by atoms with van der Waals surface area (Å²) in [6, 6.07) is -0.197. The van der Waals surface area contributed by atoms with Crippen LogP contribution in [-0.4, -0.2) is 41.3 Å². The lowest BCUT2D eigenvalue weighted by molar-refractivity contribution is -0.139. The zero-order chi connectivity index (χ0) is 14.4. The van der Waals surface area contributed by atoms with Crippen molar-refractivity contribution < 1.29 is 13.9 Å². The Labute approximate surface area is 111 Å². The molecule has 6 nitrogen and oxygen atoms in total. The van der Waals surface area contributed by atoms with E-state index in [2.05, 4.69) is 15.0 Å². The molecule has 0 aliphatic heterocycles. The highest BCUT2D eigenvalue weighted by Gasteiger charge is 2.16. The average molecular weight is 268 g/mol. The lowest BCUT2D eigenvalue weighted by Crippen LogP contribution is -2.18. The van der Waals surface area contributed by atoms with Crippen molar-refractivity contribution in [3.63, 3.8) is 0 Å². The normalized spacial score (nSPS) is 12.5. The van der Waals surface area contributed by atoms with Gasteiger partial charge in [-0.3, -0.25) is 4.79 Å². The number of ether oxygens (including phenoxy) is 1. The van der Waals surface area contributed by atoms with E-state index in [-0.39, 0.29) is 17.7 Å². The van der Waals surface area contributed by atoms with Gasteiger partial charge in [-0.2, -0.15) is 4.98 Å². The molecule has 104 valence electrons. The Morgan fingerprint density at radius 3 is 2.89 bits per heavy atom. The second kappa shape index (κ2) is 6.77. The van der Waals surface area contributed by atoms with Gasteiger partial charge in [0.2, 0.25) is 0 Å². The van der Waals surface area contributed by atoms with Gasteiger partial charge in [0.25, 0.3) is 0 Å². The van der Waals surface area contributed by atoms with Crippen molar-refractivity contribution in [3.8, 4) is 6.01 Å². The van der Waals surface area contributed by atoms with Crippen LogP contribution < -0.4 is 4.74 Å². The number of halogens is 1. The van der Waals surface area contributed by atoms with Crippen LogP contribution in [0.3, 0.4) is 0 Å². The Bertz CT molecular complexity index is 477. The molecule has 1 aromatic heterocycles. The minimum Gasteiger partial charge on any atom is -0.391 e. The standard InChI is InChI=1S/C12H17FN4O2/c1-5-8(2)11(18)19-12-14-6-9(13)10(16-12)15-7-17(3)4/h6-8H,5H2,1-4H3/b15-7+. The number of nitrogens with zero attached hydrogens (tertiary/aromatic N) is 4. The first-order valence-electron chi connectivity index (χ1n) is 5.88. The fraction of sp³-hybridized carbons (Fsp3) is 0.500. The van der Waals surface area contributed by atoms with Gasteiger partial charge < -0.3 is 9.64 Å². The number of carbonyl (C=O) groups is 1. The van der Waals surface area contributed by atoms with Gasteiger partial charge >= 0.3 is 12.0 Å². The van der Waals surface area contributed by atoms with Gasteiger partial charge in [0.1, 0.15) is 0 Å². The molecule has 0 aliphatic rings. The van der Waals surface area contributed by atoms with Crippen LogP contribution in [0, 0.1) is 11.7 Å². The molecule has 0 fully saturated rings. The van der Waals surface area contributed by atoms with Gasteiger partial charge in [0.15, 0.2) is 11.6 Å². The molecule has 1 heterocycles. The van der Waals surface area contributed by atoms with E-state index in [9.17, 15) is 9.18 Å². The lowest BCUT2D eigenvalue weighted by Gasteiger charge is -2.07. The molecule has 0 bridgehead atoms. The minimum atomic E-state index is -0.679. The van der Waals surface area contributed by atoms with Gasteiger partial charge in [-0.15, -0.1) is 0 Å². The van der Waals surface area contributed by atoms with Crippen LogP contribution in [-0.2, 0) is 4.79 Å². The third-order valence-electron chi connectivity index (χ3n) is 2.32. The van der Waals surface area contributed by atoms with E-state index in [1.807, 2.05) is 6.92 Å². The second-order valence-electron chi connectivity index (χ2n) is 4.26. The van der Waals surface area contributed by atoms with Crippen molar-refractivity contribution >= 4 is 18.1 Å². The van der Waals surface area contributed by atoms with Gasteiger partial charge in [0, 0.05) is 14.1 Å². The summed E-state index contributed by atoms with van der Waals surface area (Å²) in [6.07, 6.45) is 2.96. The van der Waals surface area contributed by atoms with Crippen LogP contribution in [0.15, 0.2) is 11.2 Å². The molecule has 0 aromatic carbocycles. The smallest absolute Gasteiger partial charge is 0.326 e. The number of carbonyl (C=O) groups excluding carboxylic acids is 1. The van der Waals surface area contributed by atoms with Crippen molar-refractivity contribution in [3.05, 3.63) is 12.0 Å². The highest BCUT2D eigenvalue weighted by Crippen LogP contribution is 2.17. The van der Waals surface area contributed by atoms with Crippen molar-refractivity contribution in [2.24, 2.45) is 10.9 Å². The summed E-state index contributed by atoms with van der Waals surface area (Å²) in [5.41, 5.74) is 0. The predicted molar refractivity (Wildman–Crippen MR) is 68.9 cm³/mol. The van der Waals surface area contributed by atoms with E-state index in [1.165, 1.54) is 6.34 Å². The van der Waals surface area contributed by atoms with Crippen molar-refractivity contribution in [2.75, 3.05) is 14.1 Å². The molecule has 0 spiro atoms. The fourth-order valence-corrected chi connectivity index (χ4v) is 1.01. The monoisotopic (exact) mass is 268 g/mol. The van der Waals surface area contributed by atoms with Crippen molar-refractivity contribution in [1.29, 1.82) is 0 Å². The van der Waals surface area contributed by atoms with Crippen LogP contribution in [0.4, 0.5) is 10.2 Å². The summed E-state index contributed by atoms with van der Waals surface area (Å²) < 4.78 is 18.3. The first kappa shape index (κ1) is 15.0. The number of hydrogen-bond donors (Lipinski definition) is 0. The molecule has 1 atom stereocenters. The van der Waals surface area contributed by atoms with Gasteiger partial charge in [0.05, 0.1) is 18.5 Å². The van der Waals surface area contributed by atoms with Crippen molar-refractivity contribution in [2.45, 2.75) is 20.3 Å². The molecule has 19 heavy (non-hydrogen) atoms. The average Bonchev–Trinajstić information content (AvgIpc) is 2.38. The summed E-state index contributed by atoms with van der Waals surface area (Å²) in [6.45, 7) is 3.60. The maximum Gasteiger partial charge on any atom is 0.326 e. The SMILES string of the molecule is CCC(C)C(=O)Oc1ncc(F)c(/N=C/N(C)C)n1. The molecule has 7 heteroatoms. The number of aliphatic imine (C=N–C) groups is 1. The van der Waals surface area contributed by atoms with E-state index in [0.29, 0.717) is 6.42 Å². The molecule has 0 N–H and O–H groups in total. The third kappa shape index (κ3) is 4.61. The molecule has 0 saturated heterocycles.